The van der Waals surface area contributed by atoms with Crippen molar-refractivity contribution >= 4 is 41.1 Å². The fourth-order valence-electron chi connectivity index (χ4n) is 0.284. The molecule has 0 bridgehead atoms. The summed E-state index contributed by atoms with van der Waals surface area (Å²) in [4.78, 5) is 40.2. The van der Waals surface area contributed by atoms with Crippen LogP contribution in [-0.4, -0.2) is 42.1 Å². The van der Waals surface area contributed by atoms with Crippen LogP contribution >= 0.6 is 23.5 Å². The van der Waals surface area contributed by atoms with Crippen LogP contribution in [-0.2, 0) is 22.3 Å². The Morgan fingerprint density at radius 3 is 1.07 bits per heavy atom. The monoisotopic (exact) mass is 336 g/mol. The molecular weight excluding hydrogens is 326 g/mol. The first kappa shape index (κ1) is 17.4. The van der Waals surface area contributed by atoms with Crippen molar-refractivity contribution in [2.24, 2.45) is 0 Å². The van der Waals surface area contributed by atoms with Gasteiger partial charge in [-0.25, -0.2) is 13.7 Å². The Morgan fingerprint density at radius 2 is 0.929 bits per heavy atom. The predicted molar refractivity (Wildman–Crippen MR) is 47.4 cm³/mol. The summed E-state index contributed by atoms with van der Waals surface area (Å²) < 4.78 is 36.4. The van der Waals surface area contributed by atoms with E-state index in [1.54, 1.807) is 0 Å². The Morgan fingerprint density at radius 1 is 0.714 bits per heavy atom. The second-order valence-corrected chi connectivity index (χ2v) is 5.82. The van der Waals surface area contributed by atoms with Crippen molar-refractivity contribution in [2.75, 3.05) is 0 Å². The van der Waals surface area contributed by atoms with E-state index in [-0.39, 0.29) is 17.6 Å². The molecule has 0 aromatic heterocycles. The first-order valence-corrected chi connectivity index (χ1v) is 6.83. The summed E-state index contributed by atoms with van der Waals surface area (Å²) in [6.07, 6.45) is 0. The molecule has 0 radical (unpaired) electrons. The van der Waals surface area contributed by atoms with Gasteiger partial charge < -0.3 is 24.5 Å². The molecule has 0 aromatic rings. The molecular formula is H9GeO10P3. The van der Waals surface area contributed by atoms with E-state index in [9.17, 15) is 13.7 Å². The molecule has 0 saturated heterocycles. The Hall–Kier alpha value is 0.953. The fraction of sp³-hybridized carbons (Fsp3) is 0. The minimum absolute atomic E-state index is 0. The summed E-state index contributed by atoms with van der Waals surface area (Å²) >= 11 is 0. The molecule has 88 valence electrons. The average Bonchev–Trinajstić information content (AvgIpc) is 1.43. The molecule has 0 unspecified atom stereocenters. The summed E-state index contributed by atoms with van der Waals surface area (Å²) in [6, 6.07) is 0. The van der Waals surface area contributed by atoms with Crippen LogP contribution in [0.3, 0.4) is 0 Å². The van der Waals surface area contributed by atoms with Crippen LogP contribution in [0, 0.1) is 0 Å². The van der Waals surface area contributed by atoms with Crippen LogP contribution in [0.5, 0.6) is 0 Å². The first-order chi connectivity index (χ1) is 5.41. The van der Waals surface area contributed by atoms with Gasteiger partial charge in [-0.15, -0.1) is 0 Å². The number of hydrogen-bond donors (Lipinski definition) is 5. The van der Waals surface area contributed by atoms with Crippen molar-refractivity contribution in [3.8, 4) is 0 Å². The standard InChI is InChI=1S/GeH4.H5O10P3/c;1-11(2,3)9-13(7,8)10-12(4,5)6/h1H4;(H,7,8)(H2,1,2,3)(H2,4,5,6). The van der Waals surface area contributed by atoms with Gasteiger partial charge in [0.05, 0.1) is 0 Å². The number of hydrogen-bond acceptors (Lipinski definition) is 5. The zero-order valence-corrected chi connectivity index (χ0v) is 8.30. The Bertz CT molecular complexity index is 277. The van der Waals surface area contributed by atoms with Gasteiger partial charge in [0.15, 0.2) is 0 Å². The third-order valence-corrected chi connectivity index (χ3v) is 3.77. The molecule has 0 aliphatic rings. The molecule has 5 N–H and O–H groups in total. The van der Waals surface area contributed by atoms with Gasteiger partial charge in [-0.3, -0.25) is 0 Å². The van der Waals surface area contributed by atoms with E-state index in [0.29, 0.717) is 0 Å². The van der Waals surface area contributed by atoms with Gasteiger partial charge in [-0.1, -0.05) is 0 Å². The van der Waals surface area contributed by atoms with E-state index < -0.39 is 23.5 Å². The topological polar surface area (TPSA) is 171 Å². The van der Waals surface area contributed by atoms with E-state index in [0.717, 1.165) is 0 Å². The summed E-state index contributed by atoms with van der Waals surface area (Å²) in [5, 5.41) is 0. The van der Waals surface area contributed by atoms with Crippen molar-refractivity contribution < 1.29 is 46.8 Å². The van der Waals surface area contributed by atoms with E-state index in [1.807, 2.05) is 0 Å². The molecule has 0 aliphatic heterocycles. The van der Waals surface area contributed by atoms with Crippen molar-refractivity contribution in [1.29, 1.82) is 0 Å². The average molecular weight is 335 g/mol. The molecule has 0 spiro atoms. The Kier molecular flexibility index (Phi) is 6.61. The Balaban J connectivity index is 0. The summed E-state index contributed by atoms with van der Waals surface area (Å²) in [7, 11) is -16.2. The minimum atomic E-state index is -5.46. The van der Waals surface area contributed by atoms with E-state index >= 15 is 0 Å². The zero-order valence-electron chi connectivity index (χ0n) is 5.62. The molecule has 0 aromatic carbocycles. The normalized spacial score (nSPS) is 13.5. The second-order valence-electron chi connectivity index (χ2n) is 1.61. The van der Waals surface area contributed by atoms with Crippen LogP contribution in [0.2, 0.25) is 0 Å². The maximum absolute atomic E-state index is 10.4. The molecule has 0 atom stereocenters. The molecule has 14 heavy (non-hydrogen) atoms. The molecule has 14 heteroatoms. The van der Waals surface area contributed by atoms with E-state index in [1.165, 1.54) is 0 Å². The maximum atomic E-state index is 10.4. The molecule has 0 heterocycles. The van der Waals surface area contributed by atoms with Crippen LogP contribution < -0.4 is 0 Å². The van der Waals surface area contributed by atoms with Gasteiger partial charge in [0.25, 0.3) is 0 Å². The van der Waals surface area contributed by atoms with Gasteiger partial charge in [0, 0.05) is 0 Å². The van der Waals surface area contributed by atoms with Gasteiger partial charge in [-0.2, -0.15) is 8.62 Å². The van der Waals surface area contributed by atoms with E-state index in [4.69, 9.17) is 24.5 Å². The third kappa shape index (κ3) is 11.0. The molecule has 0 rings (SSSR count). The van der Waals surface area contributed by atoms with Crippen LogP contribution in [0.15, 0.2) is 0 Å². The van der Waals surface area contributed by atoms with Gasteiger partial charge in [-0.05, 0) is 0 Å². The van der Waals surface area contributed by atoms with E-state index in [2.05, 4.69) is 8.62 Å². The number of phosphoric acid groups is 3. The van der Waals surface area contributed by atoms with Crippen LogP contribution in [0.25, 0.3) is 0 Å². The quantitative estimate of drug-likeness (QED) is 0.282. The van der Waals surface area contributed by atoms with Gasteiger partial charge in [0.2, 0.25) is 0 Å². The van der Waals surface area contributed by atoms with Gasteiger partial charge in [0.1, 0.15) is 0 Å². The zero-order chi connectivity index (χ0) is 10.9. The van der Waals surface area contributed by atoms with Crippen molar-refractivity contribution in [2.45, 2.75) is 0 Å². The van der Waals surface area contributed by atoms with Gasteiger partial charge >= 0.3 is 41.1 Å². The second kappa shape index (κ2) is 5.33. The molecule has 0 saturated carbocycles. The van der Waals surface area contributed by atoms with Crippen LogP contribution in [0.4, 0.5) is 0 Å². The molecule has 0 fully saturated rings. The first-order valence-electron chi connectivity index (χ1n) is 2.28. The van der Waals surface area contributed by atoms with Crippen molar-refractivity contribution in [3.05, 3.63) is 0 Å². The molecule has 10 nitrogen and oxygen atoms in total. The molecule has 0 amide bonds. The Labute approximate surface area is 88.3 Å². The molecule has 0 aliphatic carbocycles. The predicted octanol–water partition coefficient (Wildman–Crippen LogP) is -2.15. The third-order valence-electron chi connectivity index (χ3n) is 0.419. The number of rotatable bonds is 4. The van der Waals surface area contributed by atoms with Crippen molar-refractivity contribution in [1.82, 2.24) is 0 Å². The fourth-order valence-corrected chi connectivity index (χ4v) is 2.82. The summed E-state index contributed by atoms with van der Waals surface area (Å²) in [5.41, 5.74) is 0. The SMILES string of the molecule is O=P(O)(O)OP(=O)(O)OP(=O)(O)O.[GeH4]. The summed E-state index contributed by atoms with van der Waals surface area (Å²) in [5.74, 6) is 0. The van der Waals surface area contributed by atoms with Crippen molar-refractivity contribution in [3.63, 3.8) is 0 Å². The van der Waals surface area contributed by atoms with Crippen LogP contribution in [0.1, 0.15) is 0 Å². The summed E-state index contributed by atoms with van der Waals surface area (Å²) in [6.45, 7) is 0.